The fraction of sp³-hybridized carbons (Fsp3) is 0.318. The minimum Gasteiger partial charge on any atom is -0.476 e. The van der Waals surface area contributed by atoms with Crippen molar-refractivity contribution in [2.45, 2.75) is 39.2 Å². The van der Waals surface area contributed by atoms with Crippen molar-refractivity contribution in [2.24, 2.45) is 0 Å². The van der Waals surface area contributed by atoms with Gasteiger partial charge in [0.2, 0.25) is 5.95 Å². The number of anilines is 3. The first-order chi connectivity index (χ1) is 15.0. The van der Waals surface area contributed by atoms with Crippen molar-refractivity contribution in [1.29, 1.82) is 5.26 Å². The highest BCUT2D eigenvalue weighted by molar-refractivity contribution is 7.16. The first-order valence-electron chi connectivity index (χ1n) is 10.1. The molecule has 0 bridgehead atoms. The molecule has 1 fully saturated rings. The van der Waals surface area contributed by atoms with Crippen LogP contribution in [0.3, 0.4) is 0 Å². The van der Waals surface area contributed by atoms with E-state index >= 15 is 0 Å². The van der Waals surface area contributed by atoms with Crippen LogP contribution in [0.5, 0.6) is 0 Å². The highest BCUT2D eigenvalue weighted by Crippen LogP contribution is 2.36. The molecule has 2 aromatic heterocycles. The summed E-state index contributed by atoms with van der Waals surface area (Å²) in [7, 11) is 0. The number of carboxylic acids is 1. The molecule has 1 saturated heterocycles. The summed E-state index contributed by atoms with van der Waals surface area (Å²) < 4.78 is 0. The smallest absolute Gasteiger partial charge is 0.355 e. The molecule has 3 heterocycles. The summed E-state index contributed by atoms with van der Waals surface area (Å²) >= 11 is 1.19. The van der Waals surface area contributed by atoms with Gasteiger partial charge < -0.3 is 15.3 Å². The van der Waals surface area contributed by atoms with E-state index in [1.165, 1.54) is 23.1 Å². The first kappa shape index (κ1) is 20.8. The van der Waals surface area contributed by atoms with Crippen molar-refractivity contribution in [2.75, 3.05) is 16.8 Å². The molecule has 2 N–H and O–H groups in total. The quantitative estimate of drug-likeness (QED) is 0.584. The van der Waals surface area contributed by atoms with Crippen LogP contribution in [-0.4, -0.2) is 32.6 Å². The lowest BCUT2D eigenvalue weighted by atomic mass is 10.0. The summed E-state index contributed by atoms with van der Waals surface area (Å²) in [5.74, 6) is -0.290. The van der Waals surface area contributed by atoms with Crippen LogP contribution in [0.25, 0.3) is 0 Å². The van der Waals surface area contributed by atoms with Crippen molar-refractivity contribution >= 4 is 34.2 Å². The molecule has 9 heteroatoms. The van der Waals surface area contributed by atoms with E-state index in [2.05, 4.69) is 57.4 Å². The van der Waals surface area contributed by atoms with Gasteiger partial charge in [-0.3, -0.25) is 0 Å². The summed E-state index contributed by atoms with van der Waals surface area (Å²) in [4.78, 5) is 27.9. The number of nitrogens with zero attached hydrogens (tertiary/aromatic N) is 5. The van der Waals surface area contributed by atoms with Gasteiger partial charge in [-0.25, -0.2) is 14.8 Å². The third kappa shape index (κ3) is 4.20. The molecular weight excluding hydrogens is 412 g/mol. The Morgan fingerprint density at radius 2 is 2.13 bits per heavy atom. The molecule has 0 radical (unpaired) electrons. The molecule has 0 spiro atoms. The van der Waals surface area contributed by atoms with E-state index in [4.69, 9.17) is 10.2 Å². The van der Waals surface area contributed by atoms with E-state index in [9.17, 15) is 9.90 Å². The number of carboxylic acid groups (broad SMARTS) is 1. The van der Waals surface area contributed by atoms with Crippen LogP contribution >= 0.6 is 11.3 Å². The minimum atomic E-state index is -1.09. The van der Waals surface area contributed by atoms with Gasteiger partial charge >= 0.3 is 5.97 Å². The Morgan fingerprint density at radius 1 is 1.35 bits per heavy atom. The summed E-state index contributed by atoms with van der Waals surface area (Å²) in [6.07, 6.45) is 3.85. The molecule has 0 amide bonds. The molecule has 4 rings (SSSR count). The topological polar surface area (TPSA) is 115 Å². The van der Waals surface area contributed by atoms with Gasteiger partial charge in [0, 0.05) is 12.1 Å². The molecule has 8 nitrogen and oxygen atoms in total. The Balaban J connectivity index is 1.76. The van der Waals surface area contributed by atoms with Crippen LogP contribution in [-0.2, 0) is 6.42 Å². The maximum absolute atomic E-state index is 12.0. The van der Waals surface area contributed by atoms with Gasteiger partial charge in [-0.2, -0.15) is 10.2 Å². The van der Waals surface area contributed by atoms with Crippen LogP contribution in [0.15, 0.2) is 30.5 Å². The number of benzene rings is 1. The van der Waals surface area contributed by atoms with Crippen LogP contribution in [0.2, 0.25) is 0 Å². The van der Waals surface area contributed by atoms with Crippen molar-refractivity contribution in [3.63, 3.8) is 0 Å². The monoisotopic (exact) mass is 434 g/mol. The molecule has 31 heavy (non-hydrogen) atoms. The molecule has 1 aromatic carbocycles. The third-order valence-corrected chi connectivity index (χ3v) is 6.18. The standard InChI is InChI=1S/C22H22N6O2S/c1-3-16-18(20(29)30)25-21(26-19(16)27-22-24-12-15(11-23)31-22)28-10-4-5-17(28)14-8-6-13(2)7-9-14/h6-9,12,17H,3-5,10H2,1-2H3,(H,29,30)(H,24,25,26,27)/t17-/m0/s1. The second-order valence-corrected chi connectivity index (χ2v) is 8.42. The molecule has 0 aliphatic carbocycles. The van der Waals surface area contributed by atoms with Crippen LogP contribution < -0.4 is 10.2 Å². The predicted octanol–water partition coefficient (Wildman–Crippen LogP) is 4.46. The zero-order valence-electron chi connectivity index (χ0n) is 17.3. The number of nitriles is 1. The lowest BCUT2D eigenvalue weighted by Gasteiger charge is -2.26. The number of rotatable bonds is 6. The van der Waals surface area contributed by atoms with Crippen LogP contribution in [0.1, 0.15) is 57.9 Å². The van der Waals surface area contributed by atoms with E-state index in [1.807, 2.05) is 6.92 Å². The van der Waals surface area contributed by atoms with Crippen molar-refractivity contribution in [1.82, 2.24) is 15.0 Å². The van der Waals surface area contributed by atoms with E-state index in [0.717, 1.165) is 24.9 Å². The Bertz CT molecular complexity index is 1150. The Morgan fingerprint density at radius 3 is 2.77 bits per heavy atom. The number of hydrogen-bond acceptors (Lipinski definition) is 8. The average Bonchev–Trinajstić information content (AvgIpc) is 3.43. The third-order valence-electron chi connectivity index (χ3n) is 5.36. The van der Waals surface area contributed by atoms with Gasteiger partial charge in [-0.15, -0.1) is 0 Å². The maximum atomic E-state index is 12.0. The predicted molar refractivity (Wildman–Crippen MR) is 119 cm³/mol. The molecular formula is C22H22N6O2S. The molecule has 0 saturated carbocycles. The number of nitrogens with one attached hydrogen (secondary N) is 1. The number of carbonyl (C=O) groups is 1. The number of hydrogen-bond donors (Lipinski definition) is 2. The normalized spacial score (nSPS) is 15.6. The Labute approximate surface area is 184 Å². The zero-order chi connectivity index (χ0) is 22.0. The molecule has 158 valence electrons. The average molecular weight is 435 g/mol. The summed E-state index contributed by atoms with van der Waals surface area (Å²) in [6, 6.07) is 10.5. The lowest BCUT2D eigenvalue weighted by Crippen LogP contribution is -2.26. The second kappa shape index (κ2) is 8.70. The van der Waals surface area contributed by atoms with Crippen molar-refractivity contribution in [3.8, 4) is 6.07 Å². The molecule has 1 aliphatic heterocycles. The van der Waals surface area contributed by atoms with Crippen LogP contribution in [0.4, 0.5) is 16.9 Å². The number of aromatic carboxylic acids is 1. The van der Waals surface area contributed by atoms with Crippen molar-refractivity contribution in [3.05, 3.63) is 57.7 Å². The fourth-order valence-electron chi connectivity index (χ4n) is 3.84. The number of aromatic nitrogens is 3. The Kier molecular flexibility index (Phi) is 5.82. The molecule has 3 aromatic rings. The number of thiazole rings is 1. The van der Waals surface area contributed by atoms with Gasteiger partial charge in [-0.1, -0.05) is 48.1 Å². The molecule has 1 atom stereocenters. The highest BCUT2D eigenvalue weighted by atomic mass is 32.1. The van der Waals surface area contributed by atoms with E-state index in [1.54, 1.807) is 0 Å². The summed E-state index contributed by atoms with van der Waals surface area (Å²) in [5.41, 5.74) is 2.85. The van der Waals surface area contributed by atoms with Gasteiger partial charge in [-0.05, 0) is 31.7 Å². The summed E-state index contributed by atoms with van der Waals surface area (Å²) in [6.45, 7) is 4.66. The largest absolute Gasteiger partial charge is 0.476 e. The van der Waals surface area contributed by atoms with E-state index in [0.29, 0.717) is 33.8 Å². The summed E-state index contributed by atoms with van der Waals surface area (Å²) in [5, 5.41) is 22.5. The van der Waals surface area contributed by atoms with Gasteiger partial charge in [0.25, 0.3) is 0 Å². The first-order valence-corrected chi connectivity index (χ1v) is 10.9. The minimum absolute atomic E-state index is 0.0124. The van der Waals surface area contributed by atoms with E-state index < -0.39 is 5.97 Å². The lowest BCUT2D eigenvalue weighted by molar-refractivity contribution is 0.0689. The van der Waals surface area contributed by atoms with Gasteiger partial charge in [0.05, 0.1) is 12.2 Å². The second-order valence-electron chi connectivity index (χ2n) is 7.39. The molecule has 1 aliphatic rings. The SMILES string of the molecule is CCc1c(Nc2ncc(C#N)s2)nc(N2CCC[C@H]2c2ccc(C)cc2)nc1C(=O)O. The maximum Gasteiger partial charge on any atom is 0.355 e. The Hall–Kier alpha value is -3.51. The van der Waals surface area contributed by atoms with Gasteiger partial charge in [0.1, 0.15) is 16.8 Å². The van der Waals surface area contributed by atoms with E-state index in [-0.39, 0.29) is 11.7 Å². The number of aryl methyl sites for hydroxylation is 1. The van der Waals surface area contributed by atoms with Crippen molar-refractivity contribution < 1.29 is 9.90 Å². The van der Waals surface area contributed by atoms with Crippen LogP contribution in [0, 0.1) is 18.3 Å². The highest BCUT2D eigenvalue weighted by Gasteiger charge is 2.30. The molecule has 0 unspecified atom stereocenters. The van der Waals surface area contributed by atoms with Gasteiger partial charge in [0.15, 0.2) is 10.8 Å². The fourth-order valence-corrected chi connectivity index (χ4v) is 4.45. The zero-order valence-corrected chi connectivity index (χ0v) is 18.1.